The first-order valence-electron chi connectivity index (χ1n) is 5.74. The summed E-state index contributed by atoms with van der Waals surface area (Å²) in [5, 5.41) is 0. The van der Waals surface area contributed by atoms with Crippen LogP contribution < -0.4 is 5.73 Å². The summed E-state index contributed by atoms with van der Waals surface area (Å²) in [5.41, 5.74) is 5.62. The van der Waals surface area contributed by atoms with Crippen molar-refractivity contribution in [2.24, 2.45) is 5.73 Å². The van der Waals surface area contributed by atoms with E-state index < -0.39 is 0 Å². The molecule has 0 aliphatic rings. The van der Waals surface area contributed by atoms with Crippen LogP contribution in [0.5, 0.6) is 0 Å². The van der Waals surface area contributed by atoms with Gasteiger partial charge in [-0.25, -0.2) is 0 Å². The van der Waals surface area contributed by atoms with Gasteiger partial charge in [0.25, 0.3) is 0 Å². The van der Waals surface area contributed by atoms with Gasteiger partial charge >= 0.3 is 0 Å². The Labute approximate surface area is 94.4 Å². The zero-order valence-electron chi connectivity index (χ0n) is 10.7. The predicted octanol–water partition coefficient (Wildman–Crippen LogP) is 0.234. The first kappa shape index (κ1) is 14.8. The summed E-state index contributed by atoms with van der Waals surface area (Å²) in [6.45, 7) is 7.02. The normalized spacial score (nSPS) is 13.8. The lowest BCUT2D eigenvalue weighted by Gasteiger charge is -2.26. The highest BCUT2D eigenvalue weighted by Gasteiger charge is 2.11. The molecule has 0 saturated heterocycles. The van der Waals surface area contributed by atoms with E-state index in [1.54, 1.807) is 7.11 Å². The Balaban J connectivity index is 3.90. The topological polar surface area (TPSA) is 41.7 Å². The maximum Gasteiger partial charge on any atom is 0.0820 e. The van der Waals surface area contributed by atoms with Crippen molar-refractivity contribution >= 4 is 0 Å². The molecule has 1 atom stereocenters. The van der Waals surface area contributed by atoms with Crippen LogP contribution in [0.3, 0.4) is 0 Å². The van der Waals surface area contributed by atoms with Gasteiger partial charge in [-0.3, -0.25) is 4.90 Å². The van der Waals surface area contributed by atoms with E-state index in [2.05, 4.69) is 30.8 Å². The molecule has 0 aromatic heterocycles. The Morgan fingerprint density at radius 1 is 1.20 bits per heavy atom. The average Bonchev–Trinajstić information content (AvgIpc) is 2.22. The molecule has 0 aromatic rings. The molecule has 0 aliphatic carbocycles. The number of hydrogen-bond donors (Lipinski definition) is 1. The molecule has 0 radical (unpaired) electrons. The third-order valence-corrected chi connectivity index (χ3v) is 2.46. The van der Waals surface area contributed by atoms with Gasteiger partial charge in [0, 0.05) is 33.3 Å². The van der Waals surface area contributed by atoms with Crippen molar-refractivity contribution in [1.82, 2.24) is 9.80 Å². The fourth-order valence-electron chi connectivity index (χ4n) is 1.49. The number of likely N-dealkylation sites (N-methyl/N-ethyl adjacent to an activating group) is 1. The molecule has 4 heteroatoms. The minimum atomic E-state index is 0.165. The fourth-order valence-corrected chi connectivity index (χ4v) is 1.49. The van der Waals surface area contributed by atoms with Crippen molar-refractivity contribution in [2.75, 3.05) is 53.9 Å². The average molecular weight is 217 g/mol. The van der Waals surface area contributed by atoms with E-state index in [4.69, 9.17) is 10.5 Å². The van der Waals surface area contributed by atoms with Crippen LogP contribution >= 0.6 is 0 Å². The van der Waals surface area contributed by atoms with Crippen molar-refractivity contribution in [3.63, 3.8) is 0 Å². The molecule has 0 saturated carbocycles. The summed E-state index contributed by atoms with van der Waals surface area (Å²) in [6.07, 6.45) is 1.34. The van der Waals surface area contributed by atoms with Gasteiger partial charge in [0.15, 0.2) is 0 Å². The second kappa shape index (κ2) is 9.09. The maximum atomic E-state index is 5.62. The molecule has 2 N–H and O–H groups in total. The van der Waals surface area contributed by atoms with Crippen LogP contribution in [-0.4, -0.2) is 69.8 Å². The smallest absolute Gasteiger partial charge is 0.0820 e. The van der Waals surface area contributed by atoms with E-state index in [-0.39, 0.29) is 6.10 Å². The summed E-state index contributed by atoms with van der Waals surface area (Å²) in [4.78, 5) is 4.62. The number of nitrogens with zero attached hydrogens (tertiary/aromatic N) is 2. The van der Waals surface area contributed by atoms with Crippen molar-refractivity contribution in [3.8, 4) is 0 Å². The predicted molar refractivity (Wildman–Crippen MR) is 65.1 cm³/mol. The van der Waals surface area contributed by atoms with Crippen molar-refractivity contribution < 1.29 is 4.74 Å². The Morgan fingerprint density at radius 2 is 1.87 bits per heavy atom. The zero-order valence-corrected chi connectivity index (χ0v) is 10.7. The van der Waals surface area contributed by atoms with Crippen LogP contribution in [0.4, 0.5) is 0 Å². The SMILES string of the molecule is CCCN(CCN(C)C)CC(CN)OC. The van der Waals surface area contributed by atoms with Crippen LogP contribution in [0.25, 0.3) is 0 Å². The highest BCUT2D eigenvalue weighted by Crippen LogP contribution is 1.97. The summed E-state index contributed by atoms with van der Waals surface area (Å²) in [6, 6.07) is 0. The molecule has 0 spiro atoms. The molecular formula is C11H27N3O. The highest BCUT2D eigenvalue weighted by atomic mass is 16.5. The van der Waals surface area contributed by atoms with Crippen molar-refractivity contribution in [2.45, 2.75) is 19.4 Å². The van der Waals surface area contributed by atoms with Crippen molar-refractivity contribution in [3.05, 3.63) is 0 Å². The molecule has 0 aromatic carbocycles. The monoisotopic (exact) mass is 217 g/mol. The number of rotatable bonds is 9. The number of nitrogens with two attached hydrogens (primary N) is 1. The fraction of sp³-hybridized carbons (Fsp3) is 1.00. The lowest BCUT2D eigenvalue weighted by Crippen LogP contribution is -2.41. The largest absolute Gasteiger partial charge is 0.379 e. The van der Waals surface area contributed by atoms with E-state index in [1.165, 1.54) is 6.42 Å². The van der Waals surface area contributed by atoms with Crippen molar-refractivity contribution in [1.29, 1.82) is 0 Å². The molecule has 0 aliphatic heterocycles. The first-order valence-corrected chi connectivity index (χ1v) is 5.74. The van der Waals surface area contributed by atoms with Crippen LogP contribution in [0.15, 0.2) is 0 Å². The Morgan fingerprint density at radius 3 is 2.27 bits per heavy atom. The van der Waals surface area contributed by atoms with E-state index in [0.29, 0.717) is 6.54 Å². The molecule has 0 bridgehead atoms. The molecule has 15 heavy (non-hydrogen) atoms. The zero-order chi connectivity index (χ0) is 11.7. The number of hydrogen-bond acceptors (Lipinski definition) is 4. The van der Waals surface area contributed by atoms with Gasteiger partial charge < -0.3 is 15.4 Å². The summed E-state index contributed by atoms with van der Waals surface area (Å²) in [7, 11) is 5.93. The second-order valence-corrected chi connectivity index (χ2v) is 4.20. The summed E-state index contributed by atoms with van der Waals surface area (Å²) < 4.78 is 5.30. The first-order chi connectivity index (χ1) is 7.13. The quantitative estimate of drug-likeness (QED) is 0.600. The second-order valence-electron chi connectivity index (χ2n) is 4.20. The lowest BCUT2D eigenvalue weighted by atomic mass is 10.3. The molecular weight excluding hydrogens is 190 g/mol. The number of ether oxygens (including phenoxy) is 1. The van der Waals surface area contributed by atoms with Crippen LogP contribution in [0.2, 0.25) is 0 Å². The Bertz CT molecular complexity index is 138. The molecule has 92 valence electrons. The van der Waals surface area contributed by atoms with Gasteiger partial charge in [-0.1, -0.05) is 6.92 Å². The number of methoxy groups -OCH3 is 1. The van der Waals surface area contributed by atoms with Gasteiger partial charge in [-0.2, -0.15) is 0 Å². The third-order valence-electron chi connectivity index (χ3n) is 2.46. The van der Waals surface area contributed by atoms with Gasteiger partial charge in [0.1, 0.15) is 0 Å². The van der Waals surface area contributed by atoms with Crippen LogP contribution in [-0.2, 0) is 4.74 Å². The van der Waals surface area contributed by atoms with Crippen LogP contribution in [0, 0.1) is 0 Å². The minimum absolute atomic E-state index is 0.165. The van der Waals surface area contributed by atoms with E-state index in [9.17, 15) is 0 Å². The molecule has 0 fully saturated rings. The minimum Gasteiger partial charge on any atom is -0.379 e. The standard InChI is InChI=1S/C11H27N3O/c1-5-6-14(8-7-13(2)3)10-11(9-12)15-4/h11H,5-10,12H2,1-4H3. The van der Waals surface area contributed by atoms with E-state index >= 15 is 0 Å². The van der Waals surface area contributed by atoms with Gasteiger partial charge in [0.05, 0.1) is 6.10 Å². The molecule has 4 nitrogen and oxygen atoms in total. The molecule has 0 rings (SSSR count). The molecule has 0 amide bonds. The van der Waals surface area contributed by atoms with Gasteiger partial charge in [0.2, 0.25) is 0 Å². The Hall–Kier alpha value is -0.160. The highest BCUT2D eigenvalue weighted by molar-refractivity contribution is 4.67. The van der Waals surface area contributed by atoms with E-state index in [1.807, 2.05) is 0 Å². The van der Waals surface area contributed by atoms with Gasteiger partial charge in [-0.05, 0) is 27.1 Å². The molecule has 0 heterocycles. The van der Waals surface area contributed by atoms with Crippen LogP contribution in [0.1, 0.15) is 13.3 Å². The third kappa shape index (κ3) is 7.73. The summed E-state index contributed by atoms with van der Waals surface area (Å²) in [5.74, 6) is 0. The van der Waals surface area contributed by atoms with E-state index in [0.717, 1.165) is 26.2 Å². The van der Waals surface area contributed by atoms with Gasteiger partial charge in [-0.15, -0.1) is 0 Å². The summed E-state index contributed by atoms with van der Waals surface area (Å²) >= 11 is 0. The molecule has 1 unspecified atom stereocenters. The maximum absolute atomic E-state index is 5.62. The lowest BCUT2D eigenvalue weighted by molar-refractivity contribution is 0.0676. The Kier molecular flexibility index (Phi) is 9.00.